The third-order valence-corrected chi connectivity index (χ3v) is 1.31. The van der Waals surface area contributed by atoms with E-state index in [1.807, 2.05) is 12.2 Å². The molecule has 18 heavy (non-hydrogen) atoms. The van der Waals surface area contributed by atoms with Crippen molar-refractivity contribution in [1.82, 2.24) is 0 Å². The van der Waals surface area contributed by atoms with Crippen LogP contribution >= 0.6 is 0 Å². The summed E-state index contributed by atoms with van der Waals surface area (Å²) in [5.41, 5.74) is 0.352. The number of carboxylic acid groups (broad SMARTS) is 2. The van der Waals surface area contributed by atoms with Crippen molar-refractivity contribution in [3.8, 4) is 0 Å². The summed E-state index contributed by atoms with van der Waals surface area (Å²) in [7, 11) is 0. The minimum Gasteiger partial charge on any atom is -0.478 e. The molecule has 0 spiro atoms. The van der Waals surface area contributed by atoms with E-state index in [4.69, 9.17) is 10.2 Å². The molecule has 0 saturated carbocycles. The third-order valence-electron chi connectivity index (χ3n) is 1.31. The zero-order chi connectivity index (χ0) is 15.1. The van der Waals surface area contributed by atoms with Crippen LogP contribution < -0.4 is 0 Å². The molecule has 0 amide bonds. The minimum atomic E-state index is -0.935. The van der Waals surface area contributed by atoms with Crippen molar-refractivity contribution in [2.75, 3.05) is 0 Å². The first-order valence-electron chi connectivity index (χ1n) is 5.20. The fourth-order valence-electron chi connectivity index (χ4n) is 0.236. The topological polar surface area (TPSA) is 74.6 Å². The van der Waals surface area contributed by atoms with Crippen molar-refractivity contribution in [2.24, 2.45) is 0 Å². The van der Waals surface area contributed by atoms with E-state index in [1.54, 1.807) is 0 Å². The Morgan fingerprint density at radius 3 is 1.11 bits per heavy atom. The molecule has 0 aromatic heterocycles. The molecule has 0 unspecified atom stereocenters. The van der Waals surface area contributed by atoms with Crippen LogP contribution in [-0.2, 0) is 9.59 Å². The van der Waals surface area contributed by atoms with Crippen LogP contribution in [0, 0.1) is 0 Å². The average molecular weight is 254 g/mol. The van der Waals surface area contributed by atoms with Gasteiger partial charge in [0.1, 0.15) is 0 Å². The van der Waals surface area contributed by atoms with Crippen LogP contribution in [0.15, 0.2) is 49.6 Å². The minimum absolute atomic E-state index is 0.176. The van der Waals surface area contributed by atoms with Crippen LogP contribution in [0.25, 0.3) is 0 Å². The zero-order valence-electron chi connectivity index (χ0n) is 11.1. The number of hydrogen-bond acceptors (Lipinski definition) is 2. The predicted molar refractivity (Wildman–Crippen MR) is 74.5 cm³/mol. The van der Waals surface area contributed by atoms with Gasteiger partial charge in [-0.2, -0.15) is 0 Å². The van der Waals surface area contributed by atoms with Gasteiger partial charge in [-0.1, -0.05) is 25.3 Å². The van der Waals surface area contributed by atoms with Gasteiger partial charge in [0.05, 0.1) is 0 Å². The number of rotatable bonds is 5. The summed E-state index contributed by atoms with van der Waals surface area (Å²) in [6.45, 7) is 16.3. The van der Waals surface area contributed by atoms with Gasteiger partial charge in [-0.25, -0.2) is 9.59 Å². The molecule has 4 heteroatoms. The highest BCUT2D eigenvalue weighted by Crippen LogP contribution is 1.86. The number of aliphatic carboxylic acids is 2. The lowest BCUT2D eigenvalue weighted by Gasteiger charge is -1.79. The maximum atomic E-state index is 9.60. The summed E-state index contributed by atoms with van der Waals surface area (Å²) >= 11 is 0. The molecule has 102 valence electrons. The second kappa shape index (κ2) is 14.9. The third kappa shape index (κ3) is 29.2. The molecule has 0 aliphatic carbocycles. The lowest BCUT2D eigenvalue weighted by Crippen LogP contribution is -1.92. The maximum Gasteiger partial charge on any atom is 0.330 e. The van der Waals surface area contributed by atoms with Crippen LogP contribution in [0.1, 0.15) is 26.7 Å². The highest BCUT2D eigenvalue weighted by molar-refractivity contribution is 5.85. The first-order valence-corrected chi connectivity index (χ1v) is 5.20. The second-order valence-electron chi connectivity index (χ2n) is 3.33. The normalized spacial score (nSPS) is 7.44. The van der Waals surface area contributed by atoms with E-state index in [9.17, 15) is 9.59 Å². The van der Waals surface area contributed by atoms with E-state index >= 15 is 0 Å². The summed E-state index contributed by atoms with van der Waals surface area (Å²) in [6.07, 6.45) is 5.90. The Kier molecular flexibility index (Phi) is 17.6. The molecule has 0 bridgehead atoms. The van der Waals surface area contributed by atoms with Gasteiger partial charge in [-0.15, -0.1) is 13.2 Å². The highest BCUT2D eigenvalue weighted by Gasteiger charge is 1.90. The van der Waals surface area contributed by atoms with Gasteiger partial charge < -0.3 is 10.2 Å². The molecular weight excluding hydrogens is 232 g/mol. The standard InChI is InChI=1S/C6H10.2C4H6O2/c1-3-5-6-4-2;2*1-3(2)4(5)6/h3-4H,1-2,5-6H2;2*1H2,2H3,(H,5,6). The molecule has 0 atom stereocenters. The number of carbonyl (C=O) groups is 2. The van der Waals surface area contributed by atoms with E-state index in [0.717, 1.165) is 12.8 Å². The molecule has 0 radical (unpaired) electrons. The van der Waals surface area contributed by atoms with Crippen LogP contribution in [0.5, 0.6) is 0 Å². The molecule has 0 fully saturated rings. The molecule has 0 aromatic rings. The molecule has 0 heterocycles. The Morgan fingerprint density at radius 1 is 0.889 bits per heavy atom. The fraction of sp³-hybridized carbons (Fsp3) is 0.286. The van der Waals surface area contributed by atoms with Gasteiger partial charge in [0, 0.05) is 11.1 Å². The van der Waals surface area contributed by atoms with E-state index in [2.05, 4.69) is 26.3 Å². The molecule has 0 aromatic carbocycles. The molecule has 0 aliphatic rings. The number of carboxylic acids is 2. The summed E-state index contributed by atoms with van der Waals surface area (Å²) < 4.78 is 0. The van der Waals surface area contributed by atoms with Gasteiger partial charge in [0.15, 0.2) is 0 Å². The van der Waals surface area contributed by atoms with E-state index < -0.39 is 11.9 Å². The Morgan fingerprint density at radius 2 is 1.06 bits per heavy atom. The quantitative estimate of drug-likeness (QED) is 0.448. The van der Waals surface area contributed by atoms with Crippen LogP contribution in [0.3, 0.4) is 0 Å². The van der Waals surface area contributed by atoms with Crippen LogP contribution in [-0.4, -0.2) is 22.2 Å². The van der Waals surface area contributed by atoms with Crippen molar-refractivity contribution >= 4 is 11.9 Å². The van der Waals surface area contributed by atoms with Crippen LogP contribution in [0.4, 0.5) is 0 Å². The Balaban J connectivity index is -0.000000187. The second-order valence-corrected chi connectivity index (χ2v) is 3.33. The van der Waals surface area contributed by atoms with E-state index in [0.29, 0.717) is 0 Å². The predicted octanol–water partition coefficient (Wildman–Crippen LogP) is 3.43. The van der Waals surface area contributed by atoms with Crippen molar-refractivity contribution in [2.45, 2.75) is 26.7 Å². The number of hydrogen-bond donors (Lipinski definition) is 2. The Labute approximate surface area is 109 Å². The summed E-state index contributed by atoms with van der Waals surface area (Å²) in [5, 5.41) is 15.8. The maximum absolute atomic E-state index is 9.60. The molecule has 4 nitrogen and oxygen atoms in total. The SMILES string of the molecule is C=C(C)C(=O)O.C=C(C)C(=O)O.C=CCCC=C. The molecule has 2 N–H and O–H groups in total. The van der Waals surface area contributed by atoms with Gasteiger partial charge in [-0.05, 0) is 26.7 Å². The zero-order valence-corrected chi connectivity index (χ0v) is 11.1. The summed E-state index contributed by atoms with van der Waals surface area (Å²) in [4.78, 5) is 19.2. The van der Waals surface area contributed by atoms with E-state index in [-0.39, 0.29) is 11.1 Å². The molecule has 0 aliphatic heterocycles. The molecular formula is C14H22O4. The van der Waals surface area contributed by atoms with Crippen molar-refractivity contribution in [1.29, 1.82) is 0 Å². The Bertz CT molecular complexity index is 258. The lowest BCUT2D eigenvalue weighted by atomic mass is 10.3. The van der Waals surface area contributed by atoms with Crippen molar-refractivity contribution < 1.29 is 19.8 Å². The average Bonchev–Trinajstić information content (AvgIpc) is 2.27. The number of unbranched alkanes of at least 4 members (excludes halogenated alkanes) is 1. The van der Waals surface area contributed by atoms with Crippen molar-refractivity contribution in [3.05, 3.63) is 49.6 Å². The van der Waals surface area contributed by atoms with Gasteiger partial charge in [-0.3, -0.25) is 0 Å². The monoisotopic (exact) mass is 254 g/mol. The molecule has 0 rings (SSSR count). The lowest BCUT2D eigenvalue weighted by molar-refractivity contribution is -0.133. The first-order chi connectivity index (χ1) is 8.20. The van der Waals surface area contributed by atoms with Gasteiger partial charge >= 0.3 is 11.9 Å². The van der Waals surface area contributed by atoms with Gasteiger partial charge in [0.25, 0.3) is 0 Å². The molecule has 0 saturated heterocycles. The van der Waals surface area contributed by atoms with E-state index in [1.165, 1.54) is 13.8 Å². The largest absolute Gasteiger partial charge is 0.478 e. The van der Waals surface area contributed by atoms with Crippen molar-refractivity contribution in [3.63, 3.8) is 0 Å². The highest BCUT2D eigenvalue weighted by atomic mass is 16.4. The summed E-state index contributed by atoms with van der Waals surface area (Å²) in [5.74, 6) is -1.87. The number of allylic oxidation sites excluding steroid dienone is 2. The smallest absolute Gasteiger partial charge is 0.330 e. The Hall–Kier alpha value is -2.10. The van der Waals surface area contributed by atoms with Gasteiger partial charge in [0.2, 0.25) is 0 Å². The first kappa shape index (κ1) is 21.2. The summed E-state index contributed by atoms with van der Waals surface area (Å²) in [6, 6.07) is 0. The fourth-order valence-corrected chi connectivity index (χ4v) is 0.236. The van der Waals surface area contributed by atoms with Crippen LogP contribution in [0.2, 0.25) is 0 Å².